The standard InChI is InChI=1S/C19H25FN4O/c1-3-22(4-2)14-19(25)24-11-9-23(10-12-24)18-7-8-21-17-13-15(20)5-6-16(17)18/h5-8,13H,3-4,9-12,14H2,1-2H3. The van der Waals surface area contributed by atoms with Crippen LogP contribution in [0.3, 0.4) is 0 Å². The molecule has 0 saturated carbocycles. The summed E-state index contributed by atoms with van der Waals surface area (Å²) < 4.78 is 13.4. The predicted molar refractivity (Wildman–Crippen MR) is 98.3 cm³/mol. The van der Waals surface area contributed by atoms with Crippen molar-refractivity contribution in [2.45, 2.75) is 13.8 Å². The number of aromatic nitrogens is 1. The number of hydrogen-bond donors (Lipinski definition) is 0. The number of likely N-dealkylation sites (N-methyl/N-ethyl adjacent to an activating group) is 1. The second kappa shape index (κ2) is 7.78. The third-order valence-corrected chi connectivity index (χ3v) is 4.91. The molecule has 1 aromatic carbocycles. The molecule has 0 spiro atoms. The molecule has 2 aromatic rings. The molecular formula is C19H25FN4O. The number of hydrogen-bond acceptors (Lipinski definition) is 4. The van der Waals surface area contributed by atoms with Gasteiger partial charge < -0.3 is 9.80 Å². The number of anilines is 1. The number of nitrogens with zero attached hydrogens (tertiary/aromatic N) is 4. The maximum absolute atomic E-state index is 13.4. The molecule has 1 aliphatic rings. The van der Waals surface area contributed by atoms with Crippen LogP contribution in [-0.2, 0) is 4.79 Å². The minimum Gasteiger partial charge on any atom is -0.367 e. The van der Waals surface area contributed by atoms with Gasteiger partial charge in [-0.25, -0.2) is 4.39 Å². The monoisotopic (exact) mass is 344 g/mol. The lowest BCUT2D eigenvalue weighted by Gasteiger charge is -2.37. The van der Waals surface area contributed by atoms with E-state index in [1.54, 1.807) is 12.3 Å². The number of rotatable bonds is 5. The molecule has 134 valence electrons. The lowest BCUT2D eigenvalue weighted by molar-refractivity contribution is -0.132. The van der Waals surface area contributed by atoms with Gasteiger partial charge >= 0.3 is 0 Å². The second-order valence-corrected chi connectivity index (χ2v) is 6.32. The van der Waals surface area contributed by atoms with Gasteiger partial charge in [-0.05, 0) is 31.3 Å². The van der Waals surface area contributed by atoms with Crippen molar-refractivity contribution < 1.29 is 9.18 Å². The molecule has 5 nitrogen and oxygen atoms in total. The van der Waals surface area contributed by atoms with Gasteiger partial charge in [0.1, 0.15) is 5.82 Å². The van der Waals surface area contributed by atoms with Gasteiger partial charge in [0, 0.05) is 49.5 Å². The third kappa shape index (κ3) is 3.90. The van der Waals surface area contributed by atoms with Crippen LogP contribution in [0.25, 0.3) is 10.9 Å². The van der Waals surface area contributed by atoms with Crippen molar-refractivity contribution in [2.24, 2.45) is 0 Å². The molecule has 0 unspecified atom stereocenters. The van der Waals surface area contributed by atoms with Crippen molar-refractivity contribution in [3.63, 3.8) is 0 Å². The minimum atomic E-state index is -0.274. The lowest BCUT2D eigenvalue weighted by Crippen LogP contribution is -2.51. The molecule has 1 aliphatic heterocycles. The number of carbonyl (C=O) groups excluding carboxylic acids is 1. The van der Waals surface area contributed by atoms with E-state index in [2.05, 4.69) is 28.6 Å². The number of amides is 1. The molecule has 0 aliphatic carbocycles. The molecule has 6 heteroatoms. The second-order valence-electron chi connectivity index (χ2n) is 6.32. The highest BCUT2D eigenvalue weighted by Gasteiger charge is 2.23. The predicted octanol–water partition coefficient (Wildman–Crippen LogP) is 2.36. The maximum atomic E-state index is 13.4. The zero-order valence-corrected chi connectivity index (χ0v) is 14.9. The van der Waals surface area contributed by atoms with Gasteiger partial charge in [-0.15, -0.1) is 0 Å². The van der Waals surface area contributed by atoms with E-state index in [1.807, 2.05) is 11.0 Å². The number of benzene rings is 1. The van der Waals surface area contributed by atoms with Crippen molar-refractivity contribution in [3.05, 3.63) is 36.3 Å². The number of pyridine rings is 1. The van der Waals surface area contributed by atoms with E-state index in [-0.39, 0.29) is 11.7 Å². The Hall–Kier alpha value is -2.21. The van der Waals surface area contributed by atoms with Crippen LogP contribution in [0.15, 0.2) is 30.5 Å². The molecule has 0 atom stereocenters. The van der Waals surface area contributed by atoms with Crippen molar-refractivity contribution in [1.29, 1.82) is 0 Å². The number of piperazine rings is 1. The van der Waals surface area contributed by atoms with E-state index in [0.29, 0.717) is 25.2 Å². The van der Waals surface area contributed by atoms with Crippen LogP contribution in [0.1, 0.15) is 13.8 Å². The molecular weight excluding hydrogens is 319 g/mol. The maximum Gasteiger partial charge on any atom is 0.236 e. The van der Waals surface area contributed by atoms with Crippen molar-refractivity contribution in [1.82, 2.24) is 14.8 Å². The minimum absolute atomic E-state index is 0.199. The van der Waals surface area contributed by atoms with Crippen molar-refractivity contribution >= 4 is 22.5 Å². The fourth-order valence-corrected chi connectivity index (χ4v) is 3.32. The molecule has 0 N–H and O–H groups in total. The van der Waals surface area contributed by atoms with Crippen molar-refractivity contribution in [2.75, 3.05) is 50.7 Å². The first-order valence-corrected chi connectivity index (χ1v) is 8.91. The average Bonchev–Trinajstić information content (AvgIpc) is 2.65. The summed E-state index contributed by atoms with van der Waals surface area (Å²) in [5.74, 6) is -0.0750. The van der Waals surface area contributed by atoms with Gasteiger partial charge in [0.15, 0.2) is 0 Å². The molecule has 3 rings (SSSR count). The molecule has 25 heavy (non-hydrogen) atoms. The summed E-state index contributed by atoms with van der Waals surface area (Å²) in [6.45, 7) is 9.41. The largest absolute Gasteiger partial charge is 0.367 e. The van der Waals surface area contributed by atoms with E-state index >= 15 is 0 Å². The number of halogens is 1. The SMILES string of the molecule is CCN(CC)CC(=O)N1CCN(c2ccnc3cc(F)ccc23)CC1. The Morgan fingerprint density at radius 1 is 1.16 bits per heavy atom. The fourth-order valence-electron chi connectivity index (χ4n) is 3.32. The molecule has 0 radical (unpaired) electrons. The Kier molecular flexibility index (Phi) is 5.48. The summed E-state index contributed by atoms with van der Waals surface area (Å²) in [5, 5.41) is 0.951. The Labute approximate surface area is 148 Å². The highest BCUT2D eigenvalue weighted by Crippen LogP contribution is 2.26. The number of fused-ring (bicyclic) bond motifs is 1. The Bertz CT molecular complexity index is 739. The normalized spacial score (nSPS) is 15.2. The van der Waals surface area contributed by atoms with Crippen LogP contribution in [0, 0.1) is 5.82 Å². The summed E-state index contributed by atoms with van der Waals surface area (Å²) in [6, 6.07) is 6.68. The molecule has 1 amide bonds. The molecule has 2 heterocycles. The smallest absolute Gasteiger partial charge is 0.236 e. The van der Waals surface area contributed by atoms with Gasteiger partial charge in [-0.3, -0.25) is 14.7 Å². The zero-order valence-electron chi connectivity index (χ0n) is 14.9. The quantitative estimate of drug-likeness (QED) is 0.835. The molecule has 1 fully saturated rings. The van der Waals surface area contributed by atoms with Crippen molar-refractivity contribution in [3.8, 4) is 0 Å². The van der Waals surface area contributed by atoms with Crippen LogP contribution < -0.4 is 4.90 Å². The lowest BCUT2D eigenvalue weighted by atomic mass is 10.1. The van der Waals surface area contributed by atoms with E-state index in [1.165, 1.54) is 12.1 Å². The highest BCUT2D eigenvalue weighted by molar-refractivity contribution is 5.91. The first-order chi connectivity index (χ1) is 12.1. The van der Waals surface area contributed by atoms with Gasteiger partial charge in [-0.1, -0.05) is 13.8 Å². The van der Waals surface area contributed by atoms with E-state index in [0.717, 1.165) is 37.3 Å². The average molecular weight is 344 g/mol. The van der Waals surface area contributed by atoms with Crippen LogP contribution in [0.4, 0.5) is 10.1 Å². The molecule has 0 bridgehead atoms. The van der Waals surface area contributed by atoms with Gasteiger partial charge in [0.05, 0.1) is 12.1 Å². The van der Waals surface area contributed by atoms with Crippen LogP contribution in [-0.4, -0.2) is 66.5 Å². The van der Waals surface area contributed by atoms with Crippen LogP contribution in [0.2, 0.25) is 0 Å². The first kappa shape index (κ1) is 17.6. The Morgan fingerprint density at radius 2 is 1.88 bits per heavy atom. The summed E-state index contributed by atoms with van der Waals surface area (Å²) in [6.07, 6.45) is 1.72. The summed E-state index contributed by atoms with van der Waals surface area (Å²) in [5.41, 5.74) is 1.72. The third-order valence-electron chi connectivity index (χ3n) is 4.91. The topological polar surface area (TPSA) is 39.7 Å². The summed E-state index contributed by atoms with van der Waals surface area (Å²) in [7, 11) is 0. The highest BCUT2D eigenvalue weighted by atomic mass is 19.1. The number of carbonyl (C=O) groups is 1. The summed E-state index contributed by atoms with van der Waals surface area (Å²) in [4.78, 5) is 23.0. The van der Waals surface area contributed by atoms with Crippen LogP contribution >= 0.6 is 0 Å². The first-order valence-electron chi connectivity index (χ1n) is 8.91. The zero-order chi connectivity index (χ0) is 17.8. The molecule has 1 aromatic heterocycles. The van der Waals surface area contributed by atoms with Crippen LogP contribution in [0.5, 0.6) is 0 Å². The fraction of sp³-hybridized carbons (Fsp3) is 0.474. The molecule has 1 saturated heterocycles. The summed E-state index contributed by atoms with van der Waals surface area (Å²) >= 11 is 0. The van der Waals surface area contributed by atoms with E-state index in [9.17, 15) is 9.18 Å². The van der Waals surface area contributed by atoms with Gasteiger partial charge in [-0.2, -0.15) is 0 Å². The van der Waals surface area contributed by atoms with E-state index in [4.69, 9.17) is 0 Å². The van der Waals surface area contributed by atoms with Gasteiger partial charge in [0.2, 0.25) is 5.91 Å². The van der Waals surface area contributed by atoms with E-state index < -0.39 is 0 Å². The Balaban J connectivity index is 1.68. The van der Waals surface area contributed by atoms with Gasteiger partial charge in [0.25, 0.3) is 0 Å². The Morgan fingerprint density at radius 3 is 2.56 bits per heavy atom.